The zero-order valence-corrected chi connectivity index (χ0v) is 20.3. The van der Waals surface area contributed by atoms with Crippen molar-refractivity contribution in [3.8, 4) is 5.69 Å². The van der Waals surface area contributed by atoms with Gasteiger partial charge in [-0.15, -0.1) is 5.10 Å². The summed E-state index contributed by atoms with van der Waals surface area (Å²) in [5, 5.41) is 12.0. The van der Waals surface area contributed by atoms with Crippen LogP contribution in [-0.2, 0) is 32.8 Å². The minimum absolute atomic E-state index is 0.227. The summed E-state index contributed by atoms with van der Waals surface area (Å²) in [6.45, 7) is 5.65. The Morgan fingerprint density at radius 3 is 2.27 bits per heavy atom. The molecule has 2 aromatic carbocycles. The monoisotopic (exact) mass is 490 g/mol. The van der Waals surface area contributed by atoms with Crippen LogP contribution in [0.5, 0.6) is 0 Å². The Kier molecular flexibility index (Phi) is 6.25. The second-order valence-corrected chi connectivity index (χ2v) is 11.8. The van der Waals surface area contributed by atoms with Gasteiger partial charge in [0.1, 0.15) is 0 Å². The van der Waals surface area contributed by atoms with E-state index in [2.05, 4.69) is 20.4 Å². The molecule has 12 heteroatoms. The van der Waals surface area contributed by atoms with Gasteiger partial charge in [-0.25, -0.2) is 16.8 Å². The third-order valence-electron chi connectivity index (χ3n) is 5.76. The smallest absolute Gasteiger partial charge is 0.243 e. The van der Waals surface area contributed by atoms with Gasteiger partial charge in [0.05, 0.1) is 22.0 Å². The molecule has 0 bridgehead atoms. The van der Waals surface area contributed by atoms with Crippen molar-refractivity contribution >= 4 is 25.5 Å². The van der Waals surface area contributed by atoms with Crippen LogP contribution in [0.15, 0.2) is 52.3 Å². The van der Waals surface area contributed by atoms with Crippen LogP contribution in [0.4, 0.5) is 5.69 Å². The molecule has 0 unspecified atom stereocenters. The minimum Gasteiger partial charge on any atom is -0.363 e. The van der Waals surface area contributed by atoms with Crippen molar-refractivity contribution in [2.24, 2.45) is 0 Å². The maximum absolute atomic E-state index is 12.9. The predicted octanol–water partition coefficient (Wildman–Crippen LogP) is 1.66. The molecular weight excluding hydrogens is 464 g/mol. The number of rotatable bonds is 8. The van der Waals surface area contributed by atoms with Gasteiger partial charge in [-0.3, -0.25) is 0 Å². The molecule has 0 spiro atoms. The molecule has 0 amide bonds. The van der Waals surface area contributed by atoms with Crippen molar-refractivity contribution in [3.05, 3.63) is 53.9 Å². The molecule has 3 aromatic rings. The molecule has 0 fully saturated rings. The van der Waals surface area contributed by atoms with Gasteiger partial charge < -0.3 is 4.90 Å². The lowest BCUT2D eigenvalue weighted by molar-refractivity contribution is 0.445. The standard InChI is InChI=1S/C21H26N6O4S2/c1-4-26(5-2)33(30,31)19-10-11-20-16(14-19)12-13-25(20)15-21-22-23-24-27(21)17-6-8-18(9-7-17)32(3,28)29/h6-11,14H,4-5,12-13,15H2,1-3H3. The second kappa shape index (κ2) is 8.84. The molecule has 0 saturated carbocycles. The molecule has 0 atom stereocenters. The fourth-order valence-electron chi connectivity index (χ4n) is 3.99. The zero-order chi connectivity index (χ0) is 23.8. The fourth-order valence-corrected chi connectivity index (χ4v) is 6.13. The molecule has 0 N–H and O–H groups in total. The number of hydrogen-bond acceptors (Lipinski definition) is 8. The van der Waals surface area contributed by atoms with Gasteiger partial charge in [-0.2, -0.15) is 8.99 Å². The van der Waals surface area contributed by atoms with E-state index in [1.54, 1.807) is 28.9 Å². The zero-order valence-electron chi connectivity index (χ0n) is 18.7. The summed E-state index contributed by atoms with van der Waals surface area (Å²) in [7, 11) is -6.80. The van der Waals surface area contributed by atoms with E-state index in [1.807, 2.05) is 19.9 Å². The summed E-state index contributed by atoms with van der Waals surface area (Å²) >= 11 is 0. The molecule has 0 aliphatic carbocycles. The summed E-state index contributed by atoms with van der Waals surface area (Å²) in [5.41, 5.74) is 2.58. The first-order valence-electron chi connectivity index (χ1n) is 10.6. The van der Waals surface area contributed by atoms with Crippen LogP contribution in [0.25, 0.3) is 5.69 Å². The van der Waals surface area contributed by atoms with E-state index in [0.717, 1.165) is 23.9 Å². The molecule has 1 aromatic heterocycles. The van der Waals surface area contributed by atoms with E-state index in [1.165, 1.54) is 16.4 Å². The van der Waals surface area contributed by atoms with Gasteiger partial charge in [0.2, 0.25) is 10.0 Å². The van der Waals surface area contributed by atoms with E-state index in [0.29, 0.717) is 42.6 Å². The highest BCUT2D eigenvalue weighted by Crippen LogP contribution is 2.32. The third-order valence-corrected chi connectivity index (χ3v) is 8.94. The first kappa shape index (κ1) is 23.3. The van der Waals surface area contributed by atoms with Gasteiger partial charge in [0.15, 0.2) is 15.7 Å². The summed E-state index contributed by atoms with van der Waals surface area (Å²) in [4.78, 5) is 2.64. The lowest BCUT2D eigenvalue weighted by Gasteiger charge is -2.21. The van der Waals surface area contributed by atoms with Gasteiger partial charge in [0, 0.05) is 31.6 Å². The predicted molar refractivity (Wildman–Crippen MR) is 124 cm³/mol. The molecule has 0 saturated heterocycles. The van der Waals surface area contributed by atoms with E-state index in [-0.39, 0.29) is 4.90 Å². The van der Waals surface area contributed by atoms with Crippen molar-refractivity contribution < 1.29 is 16.8 Å². The second-order valence-electron chi connectivity index (χ2n) is 7.82. The number of fused-ring (bicyclic) bond motifs is 1. The van der Waals surface area contributed by atoms with Crippen LogP contribution in [0, 0.1) is 0 Å². The Balaban J connectivity index is 1.58. The van der Waals surface area contributed by atoms with Crippen molar-refractivity contribution in [2.75, 3.05) is 30.8 Å². The summed E-state index contributed by atoms with van der Waals surface area (Å²) in [5.74, 6) is 0.592. The average Bonchev–Trinajstić information content (AvgIpc) is 3.41. The Labute approximate surface area is 193 Å². The maximum Gasteiger partial charge on any atom is 0.243 e. The van der Waals surface area contributed by atoms with E-state index in [9.17, 15) is 16.8 Å². The lowest BCUT2D eigenvalue weighted by Crippen LogP contribution is -2.30. The number of nitrogens with zero attached hydrogens (tertiary/aromatic N) is 6. The van der Waals surface area contributed by atoms with Crippen molar-refractivity contribution in [3.63, 3.8) is 0 Å². The number of aromatic nitrogens is 4. The first-order chi connectivity index (χ1) is 15.6. The fraction of sp³-hybridized carbons (Fsp3) is 0.381. The molecule has 10 nitrogen and oxygen atoms in total. The first-order valence-corrected chi connectivity index (χ1v) is 13.9. The molecule has 2 heterocycles. The largest absolute Gasteiger partial charge is 0.363 e. The molecule has 4 rings (SSSR count). The normalized spacial score (nSPS) is 14.1. The Hall–Kier alpha value is -2.83. The van der Waals surface area contributed by atoms with Crippen LogP contribution in [0.3, 0.4) is 0 Å². The maximum atomic E-state index is 12.9. The van der Waals surface area contributed by atoms with Gasteiger partial charge in [-0.05, 0) is 64.9 Å². The quantitative estimate of drug-likeness (QED) is 0.468. The summed E-state index contributed by atoms with van der Waals surface area (Å²) in [6, 6.07) is 11.6. The SMILES string of the molecule is CCN(CC)S(=O)(=O)c1ccc2c(c1)CCN2Cc1nnnn1-c1ccc(S(C)(=O)=O)cc1. The Morgan fingerprint density at radius 1 is 0.970 bits per heavy atom. The highest BCUT2D eigenvalue weighted by molar-refractivity contribution is 7.90. The number of tetrazole rings is 1. The molecule has 33 heavy (non-hydrogen) atoms. The van der Waals surface area contributed by atoms with Crippen molar-refractivity contribution in [1.29, 1.82) is 0 Å². The van der Waals surface area contributed by atoms with E-state index >= 15 is 0 Å². The lowest BCUT2D eigenvalue weighted by atomic mass is 10.2. The van der Waals surface area contributed by atoms with Gasteiger partial charge in [-0.1, -0.05) is 13.8 Å². The third kappa shape index (κ3) is 4.50. The van der Waals surface area contributed by atoms with Crippen molar-refractivity contribution in [2.45, 2.75) is 36.6 Å². The molecule has 1 aliphatic rings. The van der Waals surface area contributed by atoms with Crippen LogP contribution < -0.4 is 4.90 Å². The topological polar surface area (TPSA) is 118 Å². The van der Waals surface area contributed by atoms with Crippen LogP contribution in [-0.4, -0.2) is 67.2 Å². The van der Waals surface area contributed by atoms with Gasteiger partial charge in [0.25, 0.3) is 0 Å². The highest BCUT2D eigenvalue weighted by atomic mass is 32.2. The number of sulfonamides is 1. The minimum atomic E-state index is -3.51. The summed E-state index contributed by atoms with van der Waals surface area (Å²) in [6.07, 6.45) is 1.88. The molecule has 176 valence electrons. The van der Waals surface area contributed by atoms with E-state index < -0.39 is 19.9 Å². The molecule has 0 radical (unpaired) electrons. The molecular formula is C21H26N6O4S2. The molecule has 1 aliphatic heterocycles. The van der Waals surface area contributed by atoms with E-state index in [4.69, 9.17) is 0 Å². The van der Waals surface area contributed by atoms with Gasteiger partial charge >= 0.3 is 0 Å². The Bertz CT molecular complexity index is 1360. The number of hydrogen-bond donors (Lipinski definition) is 0. The average molecular weight is 491 g/mol. The van der Waals surface area contributed by atoms with Crippen LogP contribution in [0.1, 0.15) is 25.2 Å². The Morgan fingerprint density at radius 2 is 1.64 bits per heavy atom. The van der Waals surface area contributed by atoms with Crippen LogP contribution in [0.2, 0.25) is 0 Å². The van der Waals surface area contributed by atoms with Crippen molar-refractivity contribution in [1.82, 2.24) is 24.5 Å². The number of anilines is 1. The number of sulfone groups is 1. The number of benzene rings is 2. The van der Waals surface area contributed by atoms with Crippen LogP contribution >= 0.6 is 0 Å². The highest BCUT2D eigenvalue weighted by Gasteiger charge is 2.27. The summed E-state index contributed by atoms with van der Waals surface area (Å²) < 4.78 is 52.2.